The molecule has 0 bridgehead atoms. The molecule has 0 radical (unpaired) electrons. The van der Waals surface area contributed by atoms with Crippen molar-refractivity contribution in [1.29, 1.82) is 0 Å². The Labute approximate surface area is 286 Å². The standard InChI is InChI=1S/C43H28N6O/c1-2-8-31(9-3-1)47-25-24-45-43(47)49-39-13-7-5-11-35(39)37-18-16-33(27-41(37)49)50-32-15-17-36-34-10-4-6-12-38(34)48(40(36)26-32)42-19-14-30(28-46-42)29-20-22-44-23-21-29/h1-28H. The summed E-state index contributed by atoms with van der Waals surface area (Å²) in [5.74, 6) is 3.13. The van der Waals surface area contributed by atoms with E-state index in [2.05, 4.69) is 116 Å². The maximum absolute atomic E-state index is 6.66. The first kappa shape index (κ1) is 28.1. The monoisotopic (exact) mass is 644 g/mol. The summed E-state index contributed by atoms with van der Waals surface area (Å²) in [5, 5.41) is 4.59. The van der Waals surface area contributed by atoms with Crippen LogP contribution in [0.1, 0.15) is 0 Å². The number of nitrogens with zero attached hydrogens (tertiary/aromatic N) is 6. The summed E-state index contributed by atoms with van der Waals surface area (Å²) in [6.07, 6.45) is 9.37. The number of imidazole rings is 1. The average Bonchev–Trinajstić information content (AvgIpc) is 3.88. The predicted molar refractivity (Wildman–Crippen MR) is 200 cm³/mol. The summed E-state index contributed by atoms with van der Waals surface area (Å²) in [6, 6.07) is 47.9. The van der Waals surface area contributed by atoms with Gasteiger partial charge in [-0.3, -0.25) is 18.7 Å². The van der Waals surface area contributed by atoms with Gasteiger partial charge < -0.3 is 4.74 Å². The van der Waals surface area contributed by atoms with Gasteiger partial charge in [-0.15, -0.1) is 0 Å². The highest BCUT2D eigenvalue weighted by Gasteiger charge is 2.18. The second-order valence-corrected chi connectivity index (χ2v) is 12.2. The molecule has 10 rings (SSSR count). The molecule has 0 aliphatic heterocycles. The van der Waals surface area contributed by atoms with Gasteiger partial charge in [-0.1, -0.05) is 54.6 Å². The zero-order chi connectivity index (χ0) is 33.0. The summed E-state index contributed by atoms with van der Waals surface area (Å²) < 4.78 is 13.2. The fourth-order valence-electron chi connectivity index (χ4n) is 7.11. The number of pyridine rings is 2. The Morgan fingerprint density at radius 2 is 1.08 bits per heavy atom. The molecular weight excluding hydrogens is 617 g/mol. The van der Waals surface area contributed by atoms with Crippen LogP contribution in [0.15, 0.2) is 171 Å². The molecular formula is C43H28N6O. The van der Waals surface area contributed by atoms with E-state index >= 15 is 0 Å². The van der Waals surface area contributed by atoms with Gasteiger partial charge in [-0.05, 0) is 78.4 Å². The van der Waals surface area contributed by atoms with Gasteiger partial charge in [0.15, 0.2) is 0 Å². The summed E-state index contributed by atoms with van der Waals surface area (Å²) in [5.41, 5.74) is 7.37. The Balaban J connectivity index is 1.09. The highest BCUT2D eigenvalue weighted by molar-refractivity contribution is 6.10. The zero-order valence-corrected chi connectivity index (χ0v) is 26.8. The molecule has 5 aromatic carbocycles. The number of benzene rings is 5. The van der Waals surface area contributed by atoms with Crippen LogP contribution >= 0.6 is 0 Å². The van der Waals surface area contributed by atoms with Gasteiger partial charge in [0.05, 0.1) is 22.1 Å². The number of rotatable bonds is 6. The number of hydrogen-bond donors (Lipinski definition) is 0. The molecule has 0 spiro atoms. The van der Waals surface area contributed by atoms with Crippen LogP contribution < -0.4 is 4.74 Å². The van der Waals surface area contributed by atoms with Crippen LogP contribution in [0.3, 0.4) is 0 Å². The molecule has 7 heteroatoms. The largest absolute Gasteiger partial charge is 0.457 e. The lowest BCUT2D eigenvalue weighted by atomic mass is 10.1. The summed E-state index contributed by atoms with van der Waals surface area (Å²) in [7, 11) is 0. The quantitative estimate of drug-likeness (QED) is 0.181. The van der Waals surface area contributed by atoms with Gasteiger partial charge in [0.2, 0.25) is 5.95 Å². The molecule has 0 fully saturated rings. The van der Waals surface area contributed by atoms with E-state index in [9.17, 15) is 0 Å². The molecule has 5 aromatic heterocycles. The Kier molecular flexibility index (Phi) is 6.35. The minimum Gasteiger partial charge on any atom is -0.457 e. The highest BCUT2D eigenvalue weighted by atomic mass is 16.5. The lowest BCUT2D eigenvalue weighted by Gasteiger charge is -2.12. The van der Waals surface area contributed by atoms with Crippen molar-refractivity contribution in [2.24, 2.45) is 0 Å². The molecule has 236 valence electrons. The van der Waals surface area contributed by atoms with E-state index in [1.54, 1.807) is 12.4 Å². The van der Waals surface area contributed by atoms with Crippen molar-refractivity contribution in [3.8, 4) is 40.1 Å². The fourth-order valence-corrected chi connectivity index (χ4v) is 7.11. The van der Waals surface area contributed by atoms with E-state index in [4.69, 9.17) is 14.7 Å². The molecule has 0 saturated carbocycles. The molecule has 7 nitrogen and oxygen atoms in total. The topological polar surface area (TPSA) is 62.7 Å². The SMILES string of the molecule is c1ccc(-n2ccnc2-n2c3ccccc3c3ccc(Oc4ccc5c6ccccc6n(-c6ccc(-c7ccncc7)cn6)c5c4)cc32)cc1. The molecule has 0 saturated heterocycles. The van der Waals surface area contributed by atoms with E-state index in [1.807, 2.05) is 61.1 Å². The number of fused-ring (bicyclic) bond motifs is 6. The first-order chi connectivity index (χ1) is 24.8. The van der Waals surface area contributed by atoms with E-state index in [0.29, 0.717) is 0 Å². The van der Waals surface area contributed by atoms with E-state index in [1.165, 1.54) is 0 Å². The van der Waals surface area contributed by atoms with Crippen molar-refractivity contribution in [3.05, 3.63) is 171 Å². The normalized spacial score (nSPS) is 11.6. The number of ether oxygens (including phenoxy) is 1. The molecule has 10 aromatic rings. The van der Waals surface area contributed by atoms with Crippen LogP contribution in [0, 0.1) is 0 Å². The lowest BCUT2D eigenvalue weighted by molar-refractivity contribution is 0.484. The van der Waals surface area contributed by atoms with Crippen molar-refractivity contribution in [1.82, 2.24) is 28.7 Å². The first-order valence-corrected chi connectivity index (χ1v) is 16.5. The van der Waals surface area contributed by atoms with Gasteiger partial charge in [-0.25, -0.2) is 9.97 Å². The number of hydrogen-bond acceptors (Lipinski definition) is 4. The Bertz CT molecular complexity index is 2830. The molecule has 0 atom stereocenters. The highest BCUT2D eigenvalue weighted by Crippen LogP contribution is 2.38. The Morgan fingerprint density at radius 3 is 1.76 bits per heavy atom. The van der Waals surface area contributed by atoms with Gasteiger partial charge in [0.25, 0.3) is 0 Å². The Hall–Kier alpha value is -6.99. The van der Waals surface area contributed by atoms with Gasteiger partial charge in [0.1, 0.15) is 17.3 Å². The summed E-state index contributed by atoms with van der Waals surface area (Å²) in [6.45, 7) is 0. The maximum Gasteiger partial charge on any atom is 0.219 e. The number of aromatic nitrogens is 6. The van der Waals surface area contributed by atoms with E-state index in [0.717, 1.165) is 83.7 Å². The third-order valence-electron chi connectivity index (χ3n) is 9.37. The maximum atomic E-state index is 6.66. The van der Waals surface area contributed by atoms with Gasteiger partial charge in [0, 0.05) is 75.9 Å². The third kappa shape index (κ3) is 4.48. The number of para-hydroxylation sites is 3. The van der Waals surface area contributed by atoms with Crippen LogP contribution in [0.5, 0.6) is 11.5 Å². The van der Waals surface area contributed by atoms with Crippen LogP contribution in [0.2, 0.25) is 0 Å². The second-order valence-electron chi connectivity index (χ2n) is 12.2. The van der Waals surface area contributed by atoms with Gasteiger partial charge in [-0.2, -0.15) is 0 Å². The average molecular weight is 645 g/mol. The molecule has 0 N–H and O–H groups in total. The van der Waals surface area contributed by atoms with Crippen LogP contribution in [-0.4, -0.2) is 28.7 Å². The smallest absolute Gasteiger partial charge is 0.219 e. The van der Waals surface area contributed by atoms with E-state index < -0.39 is 0 Å². The van der Waals surface area contributed by atoms with Crippen LogP contribution in [-0.2, 0) is 0 Å². The molecule has 50 heavy (non-hydrogen) atoms. The second kappa shape index (κ2) is 11.3. The zero-order valence-electron chi connectivity index (χ0n) is 26.8. The van der Waals surface area contributed by atoms with Crippen LogP contribution in [0.4, 0.5) is 0 Å². The van der Waals surface area contributed by atoms with Crippen molar-refractivity contribution >= 4 is 43.6 Å². The molecule has 0 aliphatic rings. The third-order valence-corrected chi connectivity index (χ3v) is 9.37. The summed E-state index contributed by atoms with van der Waals surface area (Å²) >= 11 is 0. The molecule has 0 amide bonds. The van der Waals surface area contributed by atoms with Crippen LogP contribution in [0.25, 0.3) is 72.2 Å². The Morgan fingerprint density at radius 1 is 0.460 bits per heavy atom. The molecule has 0 aliphatic carbocycles. The fraction of sp³-hybridized carbons (Fsp3) is 0. The molecule has 5 heterocycles. The van der Waals surface area contributed by atoms with Crippen molar-refractivity contribution < 1.29 is 4.74 Å². The van der Waals surface area contributed by atoms with E-state index in [-0.39, 0.29) is 0 Å². The minimum absolute atomic E-state index is 0.737. The van der Waals surface area contributed by atoms with Crippen molar-refractivity contribution in [2.45, 2.75) is 0 Å². The van der Waals surface area contributed by atoms with Crippen molar-refractivity contribution in [3.63, 3.8) is 0 Å². The minimum atomic E-state index is 0.737. The van der Waals surface area contributed by atoms with Crippen molar-refractivity contribution in [2.75, 3.05) is 0 Å². The summed E-state index contributed by atoms with van der Waals surface area (Å²) in [4.78, 5) is 13.9. The van der Waals surface area contributed by atoms with Gasteiger partial charge >= 0.3 is 0 Å². The first-order valence-electron chi connectivity index (χ1n) is 16.5. The predicted octanol–water partition coefficient (Wildman–Crippen LogP) is 10.3. The lowest BCUT2D eigenvalue weighted by Crippen LogP contribution is -2.04. The molecule has 0 unspecified atom stereocenters.